The molecule has 0 unspecified atom stereocenters. The van der Waals surface area contributed by atoms with Crippen molar-refractivity contribution in [2.45, 2.75) is 31.3 Å². The second-order valence-corrected chi connectivity index (χ2v) is 8.44. The number of fused-ring (bicyclic) bond motifs is 1. The highest BCUT2D eigenvalue weighted by Crippen LogP contribution is 2.17. The van der Waals surface area contributed by atoms with Gasteiger partial charge in [-0.1, -0.05) is 11.3 Å². The monoisotopic (exact) mass is 417 g/mol. The van der Waals surface area contributed by atoms with E-state index in [4.69, 9.17) is 4.74 Å². The van der Waals surface area contributed by atoms with Crippen molar-refractivity contribution in [3.05, 3.63) is 48.0 Å². The van der Waals surface area contributed by atoms with E-state index in [1.807, 2.05) is 0 Å². The molecule has 0 spiro atoms. The highest BCUT2D eigenvalue weighted by Gasteiger charge is 2.17. The third-order valence-corrected chi connectivity index (χ3v) is 5.78. The van der Waals surface area contributed by atoms with Crippen molar-refractivity contribution in [3.8, 4) is 5.75 Å². The second kappa shape index (κ2) is 8.58. The maximum Gasteiger partial charge on any atom is 0.251 e. The summed E-state index contributed by atoms with van der Waals surface area (Å²) in [4.78, 5) is 12.4. The molecule has 29 heavy (non-hydrogen) atoms. The smallest absolute Gasteiger partial charge is 0.251 e. The van der Waals surface area contributed by atoms with Crippen LogP contribution in [0.3, 0.4) is 0 Å². The predicted molar refractivity (Wildman–Crippen MR) is 108 cm³/mol. The van der Waals surface area contributed by atoms with Crippen LogP contribution in [-0.2, 0) is 16.6 Å². The maximum atomic E-state index is 12.3. The average Bonchev–Trinajstić information content (AvgIpc) is 3.09. The quantitative estimate of drug-likeness (QED) is 0.575. The first-order valence-electron chi connectivity index (χ1n) is 9.08. The highest BCUT2D eigenvalue weighted by molar-refractivity contribution is 7.89. The van der Waals surface area contributed by atoms with Crippen molar-refractivity contribution in [2.75, 3.05) is 13.7 Å². The summed E-state index contributed by atoms with van der Waals surface area (Å²) in [5, 5.41) is 10.9. The van der Waals surface area contributed by atoms with E-state index in [1.54, 1.807) is 56.0 Å². The summed E-state index contributed by atoms with van der Waals surface area (Å²) >= 11 is 0. The van der Waals surface area contributed by atoms with Gasteiger partial charge in [-0.25, -0.2) is 17.8 Å². The normalized spacial score (nSPS) is 11.7. The second-order valence-electron chi connectivity index (χ2n) is 6.73. The SMILES string of the molecule is COc1cccc(C(=O)NCCn2nnc3cc(S(=O)(=O)NC(C)C)ccc32)c1. The highest BCUT2D eigenvalue weighted by atomic mass is 32.2. The molecule has 1 aromatic heterocycles. The number of hydrogen-bond acceptors (Lipinski definition) is 6. The molecule has 0 fully saturated rings. The van der Waals surface area contributed by atoms with Gasteiger partial charge >= 0.3 is 0 Å². The first-order chi connectivity index (χ1) is 13.8. The Labute approximate surface area is 169 Å². The zero-order valence-electron chi connectivity index (χ0n) is 16.4. The lowest BCUT2D eigenvalue weighted by Gasteiger charge is -2.09. The van der Waals surface area contributed by atoms with Gasteiger partial charge in [0.2, 0.25) is 10.0 Å². The third-order valence-electron chi connectivity index (χ3n) is 4.13. The number of methoxy groups -OCH3 is 1. The van der Waals surface area contributed by atoms with Crippen molar-refractivity contribution in [3.63, 3.8) is 0 Å². The molecule has 3 rings (SSSR count). The van der Waals surface area contributed by atoms with Crippen LogP contribution in [0.4, 0.5) is 0 Å². The molecule has 0 saturated carbocycles. The summed E-state index contributed by atoms with van der Waals surface area (Å²) in [6.45, 7) is 4.24. The van der Waals surface area contributed by atoms with Gasteiger partial charge in [-0.3, -0.25) is 4.79 Å². The molecular weight excluding hydrogens is 394 g/mol. The number of amides is 1. The molecule has 9 nitrogen and oxygen atoms in total. The summed E-state index contributed by atoms with van der Waals surface area (Å²) in [5.41, 5.74) is 1.65. The minimum absolute atomic E-state index is 0.136. The van der Waals surface area contributed by atoms with Gasteiger partial charge in [-0.2, -0.15) is 0 Å². The Bertz CT molecular complexity index is 1120. The summed E-state index contributed by atoms with van der Waals surface area (Å²) in [6.07, 6.45) is 0. The number of carbonyl (C=O) groups is 1. The van der Waals surface area contributed by atoms with Crippen LogP contribution in [0, 0.1) is 0 Å². The van der Waals surface area contributed by atoms with Crippen molar-refractivity contribution < 1.29 is 17.9 Å². The Hall–Kier alpha value is -2.98. The summed E-state index contributed by atoms with van der Waals surface area (Å²) in [5.74, 6) is 0.388. The van der Waals surface area contributed by atoms with Crippen LogP contribution in [0.5, 0.6) is 5.75 Å². The van der Waals surface area contributed by atoms with Crippen LogP contribution in [-0.4, -0.2) is 49.0 Å². The number of nitrogens with one attached hydrogen (secondary N) is 2. The first kappa shape index (κ1) is 20.7. The van der Waals surface area contributed by atoms with Gasteiger partial charge in [0.15, 0.2) is 0 Å². The van der Waals surface area contributed by atoms with Gasteiger partial charge in [0.25, 0.3) is 5.91 Å². The molecule has 2 N–H and O–H groups in total. The van der Waals surface area contributed by atoms with Crippen molar-refractivity contribution in [1.29, 1.82) is 0 Å². The average molecular weight is 417 g/mol. The lowest BCUT2D eigenvalue weighted by atomic mass is 10.2. The Kier molecular flexibility index (Phi) is 6.14. The van der Waals surface area contributed by atoms with Crippen molar-refractivity contribution in [1.82, 2.24) is 25.0 Å². The van der Waals surface area contributed by atoms with Crippen LogP contribution in [0.15, 0.2) is 47.4 Å². The van der Waals surface area contributed by atoms with E-state index < -0.39 is 10.0 Å². The molecule has 0 bridgehead atoms. The molecule has 0 aliphatic heterocycles. The Morgan fingerprint density at radius 3 is 2.72 bits per heavy atom. The van der Waals surface area contributed by atoms with Gasteiger partial charge in [-0.05, 0) is 50.2 Å². The van der Waals surface area contributed by atoms with Crippen molar-refractivity contribution >= 4 is 27.0 Å². The van der Waals surface area contributed by atoms with Gasteiger partial charge in [0.1, 0.15) is 11.3 Å². The van der Waals surface area contributed by atoms with Crippen molar-refractivity contribution in [2.24, 2.45) is 0 Å². The fourth-order valence-corrected chi connectivity index (χ4v) is 4.07. The number of hydrogen-bond donors (Lipinski definition) is 2. The van der Waals surface area contributed by atoms with E-state index in [1.165, 1.54) is 12.1 Å². The zero-order valence-corrected chi connectivity index (χ0v) is 17.2. The summed E-state index contributed by atoms with van der Waals surface area (Å²) < 4.78 is 33.9. The summed E-state index contributed by atoms with van der Waals surface area (Å²) in [7, 11) is -2.06. The molecule has 0 aliphatic carbocycles. The van der Waals surface area contributed by atoms with E-state index in [0.29, 0.717) is 35.4 Å². The Morgan fingerprint density at radius 1 is 1.21 bits per heavy atom. The van der Waals surface area contributed by atoms with Crippen LogP contribution in [0.2, 0.25) is 0 Å². The molecule has 0 radical (unpaired) electrons. The van der Waals surface area contributed by atoms with Gasteiger partial charge in [-0.15, -0.1) is 5.10 Å². The van der Waals surface area contributed by atoms with Crippen LogP contribution >= 0.6 is 0 Å². The molecule has 0 saturated heterocycles. The minimum Gasteiger partial charge on any atom is -0.497 e. The first-order valence-corrected chi connectivity index (χ1v) is 10.6. The molecule has 0 aliphatic rings. The largest absolute Gasteiger partial charge is 0.497 e. The van der Waals surface area contributed by atoms with Crippen LogP contribution in [0.25, 0.3) is 11.0 Å². The standard InChI is InChI=1S/C19H23N5O4S/c1-13(2)22-29(26,27)16-7-8-18-17(12-16)21-23-24(18)10-9-20-19(25)14-5-4-6-15(11-14)28-3/h4-8,11-13,22H,9-10H2,1-3H3,(H,20,25). The minimum atomic E-state index is -3.60. The number of rotatable bonds is 8. The van der Waals surface area contributed by atoms with E-state index in [0.717, 1.165) is 0 Å². The molecule has 2 aromatic carbocycles. The summed E-state index contributed by atoms with van der Waals surface area (Å²) in [6, 6.07) is 11.3. The zero-order chi connectivity index (χ0) is 21.0. The molecule has 3 aromatic rings. The van der Waals surface area contributed by atoms with Crippen LogP contribution in [0.1, 0.15) is 24.2 Å². The van der Waals surface area contributed by atoms with E-state index in [9.17, 15) is 13.2 Å². The molecule has 10 heteroatoms. The lowest BCUT2D eigenvalue weighted by molar-refractivity contribution is 0.0951. The number of aromatic nitrogens is 3. The predicted octanol–water partition coefficient (Wildman–Crippen LogP) is 1.56. The fraction of sp³-hybridized carbons (Fsp3) is 0.316. The number of benzene rings is 2. The molecule has 1 heterocycles. The molecular formula is C19H23N5O4S. The number of ether oxygens (including phenoxy) is 1. The fourth-order valence-electron chi connectivity index (χ4n) is 2.80. The maximum absolute atomic E-state index is 12.3. The van der Waals surface area contributed by atoms with Gasteiger partial charge < -0.3 is 10.1 Å². The van der Waals surface area contributed by atoms with E-state index in [2.05, 4.69) is 20.4 Å². The Morgan fingerprint density at radius 2 is 2.00 bits per heavy atom. The number of carbonyl (C=O) groups excluding carboxylic acids is 1. The van der Waals surface area contributed by atoms with E-state index in [-0.39, 0.29) is 16.8 Å². The van der Waals surface area contributed by atoms with Gasteiger partial charge in [0, 0.05) is 18.2 Å². The van der Waals surface area contributed by atoms with Crippen LogP contribution < -0.4 is 14.8 Å². The molecule has 154 valence electrons. The lowest BCUT2D eigenvalue weighted by Crippen LogP contribution is -2.30. The number of nitrogens with zero attached hydrogens (tertiary/aromatic N) is 3. The molecule has 1 amide bonds. The topological polar surface area (TPSA) is 115 Å². The van der Waals surface area contributed by atoms with Gasteiger partial charge in [0.05, 0.1) is 24.1 Å². The van der Waals surface area contributed by atoms with E-state index >= 15 is 0 Å². The third kappa shape index (κ3) is 4.90. The number of sulfonamides is 1. The Balaban J connectivity index is 1.67. The molecule has 0 atom stereocenters.